The van der Waals surface area contributed by atoms with Crippen LogP contribution in [0.3, 0.4) is 0 Å². The Balaban J connectivity index is 1.76. The standard InChI is InChI=1S/C17H12BrN3O2/c18-12-6-7-13-14(9-19)16(20-15(13)8-12)21-17(22)23-10-11-4-2-1-3-5-11/h1-8,20H,10H2,(H,21,22). The first-order chi connectivity index (χ1) is 11.2. The van der Waals surface area contributed by atoms with Crippen molar-refractivity contribution in [3.63, 3.8) is 0 Å². The van der Waals surface area contributed by atoms with E-state index in [1.165, 1.54) is 0 Å². The van der Waals surface area contributed by atoms with Crippen LogP contribution in [0.15, 0.2) is 53.0 Å². The second kappa shape index (κ2) is 6.55. The monoisotopic (exact) mass is 369 g/mol. The first-order valence-electron chi connectivity index (χ1n) is 6.86. The van der Waals surface area contributed by atoms with Crippen LogP contribution in [0.5, 0.6) is 0 Å². The lowest BCUT2D eigenvalue weighted by atomic mass is 10.2. The number of amides is 1. The number of hydrogen-bond donors (Lipinski definition) is 2. The fourth-order valence-electron chi connectivity index (χ4n) is 2.24. The Bertz CT molecular complexity index is 897. The van der Waals surface area contributed by atoms with Gasteiger partial charge in [0.2, 0.25) is 0 Å². The number of halogens is 1. The van der Waals surface area contributed by atoms with Gasteiger partial charge in [-0.3, -0.25) is 5.32 Å². The van der Waals surface area contributed by atoms with Crippen molar-refractivity contribution in [1.29, 1.82) is 5.26 Å². The molecule has 3 rings (SSSR count). The summed E-state index contributed by atoms with van der Waals surface area (Å²) in [5.41, 5.74) is 2.03. The predicted molar refractivity (Wildman–Crippen MR) is 91.0 cm³/mol. The third-order valence-corrected chi connectivity index (χ3v) is 3.81. The molecular weight excluding hydrogens is 358 g/mol. The van der Waals surface area contributed by atoms with E-state index in [0.717, 1.165) is 20.9 Å². The first kappa shape index (κ1) is 15.1. The molecule has 3 aromatic rings. The van der Waals surface area contributed by atoms with Gasteiger partial charge >= 0.3 is 6.09 Å². The Morgan fingerprint density at radius 1 is 1.26 bits per heavy atom. The number of nitrogens with one attached hydrogen (secondary N) is 2. The van der Waals surface area contributed by atoms with Crippen molar-refractivity contribution in [3.05, 3.63) is 64.1 Å². The lowest BCUT2D eigenvalue weighted by Gasteiger charge is -2.06. The van der Waals surface area contributed by atoms with Crippen molar-refractivity contribution in [2.45, 2.75) is 6.61 Å². The van der Waals surface area contributed by atoms with E-state index in [-0.39, 0.29) is 6.61 Å². The number of H-pyrrole nitrogens is 1. The number of carbonyl (C=O) groups excluding carboxylic acids is 1. The average molecular weight is 370 g/mol. The van der Waals surface area contributed by atoms with E-state index in [1.54, 1.807) is 0 Å². The molecule has 23 heavy (non-hydrogen) atoms. The van der Waals surface area contributed by atoms with E-state index < -0.39 is 6.09 Å². The summed E-state index contributed by atoms with van der Waals surface area (Å²) in [5, 5.41) is 12.7. The van der Waals surface area contributed by atoms with Crippen LogP contribution < -0.4 is 5.32 Å². The number of rotatable bonds is 3. The molecule has 6 heteroatoms. The number of fused-ring (bicyclic) bond motifs is 1. The van der Waals surface area contributed by atoms with Gasteiger partial charge in [-0.2, -0.15) is 5.26 Å². The molecule has 1 heterocycles. The molecule has 0 aliphatic carbocycles. The number of ether oxygens (including phenoxy) is 1. The van der Waals surface area contributed by atoms with Crippen molar-refractivity contribution in [2.75, 3.05) is 5.32 Å². The highest BCUT2D eigenvalue weighted by Crippen LogP contribution is 2.28. The molecule has 2 N–H and O–H groups in total. The molecular formula is C17H12BrN3O2. The van der Waals surface area contributed by atoms with Crippen molar-refractivity contribution in [2.24, 2.45) is 0 Å². The van der Waals surface area contributed by atoms with Crippen LogP contribution in [0.4, 0.5) is 10.6 Å². The third kappa shape index (κ3) is 3.35. The normalized spacial score (nSPS) is 10.3. The molecule has 1 aromatic heterocycles. The van der Waals surface area contributed by atoms with Gasteiger partial charge in [-0.15, -0.1) is 0 Å². The highest BCUT2D eigenvalue weighted by atomic mass is 79.9. The summed E-state index contributed by atoms with van der Waals surface area (Å²) in [4.78, 5) is 14.9. The van der Waals surface area contributed by atoms with E-state index >= 15 is 0 Å². The van der Waals surface area contributed by atoms with Gasteiger partial charge in [-0.1, -0.05) is 52.3 Å². The fourth-order valence-corrected chi connectivity index (χ4v) is 2.60. The SMILES string of the molecule is N#Cc1c(NC(=O)OCc2ccccc2)[nH]c2cc(Br)ccc12. The topological polar surface area (TPSA) is 77.9 Å². The van der Waals surface area contributed by atoms with E-state index in [2.05, 4.69) is 32.3 Å². The molecule has 0 aliphatic heterocycles. The van der Waals surface area contributed by atoms with Crippen LogP contribution in [0.1, 0.15) is 11.1 Å². The van der Waals surface area contributed by atoms with Crippen LogP contribution in [0, 0.1) is 11.3 Å². The number of hydrogen-bond acceptors (Lipinski definition) is 3. The Morgan fingerprint density at radius 2 is 2.04 bits per heavy atom. The average Bonchev–Trinajstić information content (AvgIpc) is 2.89. The molecule has 0 unspecified atom stereocenters. The second-order valence-electron chi connectivity index (χ2n) is 4.86. The molecule has 0 radical (unpaired) electrons. The summed E-state index contributed by atoms with van der Waals surface area (Å²) in [6, 6.07) is 17.0. The minimum absolute atomic E-state index is 0.167. The predicted octanol–water partition coefficient (Wildman–Crippen LogP) is 4.55. The summed E-state index contributed by atoms with van der Waals surface area (Å²) < 4.78 is 6.05. The van der Waals surface area contributed by atoms with Crippen LogP contribution in [-0.2, 0) is 11.3 Å². The third-order valence-electron chi connectivity index (χ3n) is 3.31. The lowest BCUT2D eigenvalue weighted by Crippen LogP contribution is -2.14. The lowest BCUT2D eigenvalue weighted by molar-refractivity contribution is 0.155. The van der Waals surface area contributed by atoms with Crippen LogP contribution in [0.25, 0.3) is 10.9 Å². The number of carbonyl (C=O) groups is 1. The molecule has 2 aromatic carbocycles. The summed E-state index contributed by atoms with van der Waals surface area (Å²) in [6.07, 6.45) is -0.615. The Kier molecular flexibility index (Phi) is 4.31. The maximum Gasteiger partial charge on any atom is 0.413 e. The van der Waals surface area contributed by atoms with E-state index in [4.69, 9.17) is 4.74 Å². The molecule has 5 nitrogen and oxygen atoms in total. The van der Waals surface area contributed by atoms with Gasteiger partial charge in [0.15, 0.2) is 0 Å². The van der Waals surface area contributed by atoms with Crippen molar-refractivity contribution in [3.8, 4) is 6.07 Å². The highest BCUT2D eigenvalue weighted by molar-refractivity contribution is 9.10. The molecule has 0 bridgehead atoms. The number of anilines is 1. The van der Waals surface area contributed by atoms with Crippen molar-refractivity contribution in [1.82, 2.24) is 4.98 Å². The number of nitrogens with zero attached hydrogens (tertiary/aromatic N) is 1. The largest absolute Gasteiger partial charge is 0.444 e. The number of aromatic nitrogens is 1. The van der Waals surface area contributed by atoms with Crippen molar-refractivity contribution < 1.29 is 9.53 Å². The summed E-state index contributed by atoms with van der Waals surface area (Å²) in [6.45, 7) is 0.167. The molecule has 0 atom stereocenters. The Hall–Kier alpha value is -2.78. The number of nitriles is 1. The van der Waals surface area contributed by atoms with Gasteiger partial charge in [0.1, 0.15) is 24.1 Å². The minimum Gasteiger partial charge on any atom is -0.444 e. The van der Waals surface area contributed by atoms with Gasteiger partial charge in [0.05, 0.1) is 0 Å². The zero-order chi connectivity index (χ0) is 16.2. The zero-order valence-electron chi connectivity index (χ0n) is 12.0. The first-order valence-corrected chi connectivity index (χ1v) is 7.65. The van der Waals surface area contributed by atoms with E-state index in [0.29, 0.717) is 11.4 Å². The van der Waals surface area contributed by atoms with Crippen LogP contribution >= 0.6 is 15.9 Å². The van der Waals surface area contributed by atoms with Gasteiger partial charge < -0.3 is 9.72 Å². The molecule has 114 valence electrons. The Labute approximate surface area is 141 Å². The molecule has 0 aliphatic rings. The minimum atomic E-state index is -0.615. The molecule has 0 saturated heterocycles. The van der Waals surface area contributed by atoms with Crippen molar-refractivity contribution >= 4 is 38.7 Å². The van der Waals surface area contributed by atoms with Gasteiger partial charge in [-0.25, -0.2) is 4.79 Å². The van der Waals surface area contributed by atoms with E-state index in [1.807, 2.05) is 48.5 Å². The van der Waals surface area contributed by atoms with E-state index in [9.17, 15) is 10.1 Å². The molecule has 0 saturated carbocycles. The van der Waals surface area contributed by atoms with Gasteiger partial charge in [-0.05, 0) is 17.7 Å². The summed E-state index contributed by atoms with van der Waals surface area (Å²) in [7, 11) is 0. The van der Waals surface area contributed by atoms with Crippen LogP contribution in [-0.4, -0.2) is 11.1 Å². The second-order valence-corrected chi connectivity index (χ2v) is 5.78. The molecule has 1 amide bonds. The maximum absolute atomic E-state index is 11.9. The molecule has 0 fully saturated rings. The quantitative estimate of drug-likeness (QED) is 0.710. The summed E-state index contributed by atoms with van der Waals surface area (Å²) >= 11 is 3.37. The molecule has 0 spiro atoms. The zero-order valence-corrected chi connectivity index (χ0v) is 13.6. The smallest absolute Gasteiger partial charge is 0.413 e. The fraction of sp³-hybridized carbons (Fsp3) is 0.0588. The van der Waals surface area contributed by atoms with Gasteiger partial charge in [0, 0.05) is 15.4 Å². The maximum atomic E-state index is 11.9. The highest BCUT2D eigenvalue weighted by Gasteiger charge is 2.14. The summed E-state index contributed by atoms with van der Waals surface area (Å²) in [5.74, 6) is 0.332. The Morgan fingerprint density at radius 3 is 2.78 bits per heavy atom. The number of aromatic amines is 1. The number of benzene rings is 2. The van der Waals surface area contributed by atoms with Gasteiger partial charge in [0.25, 0.3) is 0 Å². The van der Waals surface area contributed by atoms with Crippen LogP contribution in [0.2, 0.25) is 0 Å².